The quantitative estimate of drug-likeness (QED) is 0.0636. The molecular weight excluding hydrogens is 690 g/mol. The summed E-state index contributed by atoms with van der Waals surface area (Å²) < 4.78 is 82.1. The molecule has 3 heterocycles. The van der Waals surface area contributed by atoms with E-state index in [-0.39, 0.29) is 70.7 Å². The summed E-state index contributed by atoms with van der Waals surface area (Å²) in [6.07, 6.45) is -4.99. The van der Waals surface area contributed by atoms with Gasteiger partial charge in [0.05, 0.1) is 41.7 Å². The van der Waals surface area contributed by atoms with Crippen LogP contribution in [0, 0.1) is 5.82 Å². The van der Waals surface area contributed by atoms with Gasteiger partial charge in [0.1, 0.15) is 23.1 Å². The molecule has 0 fully saturated rings. The first-order valence-corrected chi connectivity index (χ1v) is 16.3. The van der Waals surface area contributed by atoms with Crippen molar-refractivity contribution in [1.29, 1.82) is 0 Å². The van der Waals surface area contributed by atoms with Crippen LogP contribution in [0.3, 0.4) is 0 Å². The lowest BCUT2D eigenvalue weighted by atomic mass is 10.0. The van der Waals surface area contributed by atoms with Crippen LogP contribution < -0.4 is 20.7 Å². The first-order valence-electron chi connectivity index (χ1n) is 14.7. The van der Waals surface area contributed by atoms with Crippen molar-refractivity contribution in [2.24, 2.45) is 0 Å². The minimum atomic E-state index is -4.76. The molecule has 50 heavy (non-hydrogen) atoms. The van der Waals surface area contributed by atoms with Crippen molar-refractivity contribution in [2.45, 2.75) is 26.1 Å². The number of rotatable bonds is 13. The Hall–Kier alpha value is -5.76. The van der Waals surface area contributed by atoms with E-state index in [1.54, 1.807) is 6.07 Å². The monoisotopic (exact) mass is 719 g/mol. The van der Waals surface area contributed by atoms with E-state index in [1.165, 1.54) is 37.4 Å². The molecule has 0 atom stereocenters. The van der Waals surface area contributed by atoms with Gasteiger partial charge in [0.2, 0.25) is 10.0 Å². The van der Waals surface area contributed by atoms with Crippen LogP contribution in [0.4, 0.5) is 40.6 Å². The van der Waals surface area contributed by atoms with Gasteiger partial charge in [-0.1, -0.05) is 0 Å². The molecule has 0 spiro atoms. The molecular formula is C30H29F4N9O6S. The van der Waals surface area contributed by atoms with Gasteiger partial charge in [0.15, 0.2) is 23.0 Å². The number of nitrogens with one attached hydrogen (secondary N) is 5. The molecule has 264 valence electrons. The van der Waals surface area contributed by atoms with Gasteiger partial charge < -0.3 is 31.3 Å². The molecule has 0 saturated heterocycles. The highest BCUT2D eigenvalue weighted by Crippen LogP contribution is 2.35. The summed E-state index contributed by atoms with van der Waals surface area (Å²) in [7, 11) is -3.76. The molecule has 5 aromatic rings. The summed E-state index contributed by atoms with van der Waals surface area (Å²) >= 11 is 0. The molecule has 0 aliphatic heterocycles. The van der Waals surface area contributed by atoms with Gasteiger partial charge >= 0.3 is 6.18 Å². The molecule has 8 N–H and O–H groups in total. The highest BCUT2D eigenvalue weighted by molar-refractivity contribution is 7.92. The number of phenols is 2. The number of alkyl halides is 3. The second kappa shape index (κ2) is 14.4. The lowest BCUT2D eigenvalue weighted by molar-refractivity contribution is -0.127. The maximum atomic E-state index is 14.5. The fraction of sp³-hybridized carbons (Fsp3) is 0.233. The van der Waals surface area contributed by atoms with E-state index in [4.69, 9.17) is 5.11 Å². The number of phenolic OH excluding ortho intramolecular Hbond substituents is 2. The van der Waals surface area contributed by atoms with Gasteiger partial charge in [0.25, 0.3) is 5.91 Å². The number of amides is 1. The van der Waals surface area contributed by atoms with Crippen LogP contribution in [0.2, 0.25) is 0 Å². The Morgan fingerprint density at radius 2 is 1.80 bits per heavy atom. The standard InChI is InChI=1S/C30H29F4N9O6S/c1-2-50(48,49)43-21-5-4-18(45)9-16(21)13-37-27-24-25(29(47)38-17-3-6-23(36-14-17)35-7-8-44)41-42-28(24)40-26(39-27)19-11-20(31)22(46)10-15(19)12-30(32,33)34/h3-6,9-11,14,43-46H,2,7-8,12-13H2,1H3,(H,35,36)(H,38,47)(H2,37,39,40,41,42). The molecule has 1 amide bonds. The van der Waals surface area contributed by atoms with Crippen molar-refractivity contribution in [2.75, 3.05) is 39.6 Å². The van der Waals surface area contributed by atoms with E-state index in [1.807, 2.05) is 0 Å². The van der Waals surface area contributed by atoms with E-state index in [0.717, 1.165) is 0 Å². The van der Waals surface area contributed by atoms with Crippen LogP contribution in [0.15, 0.2) is 48.7 Å². The molecule has 5 rings (SSSR count). The third kappa shape index (κ3) is 8.44. The molecule has 0 saturated carbocycles. The second-order valence-corrected chi connectivity index (χ2v) is 12.7. The van der Waals surface area contributed by atoms with E-state index < -0.39 is 57.0 Å². The number of sulfonamides is 1. The predicted molar refractivity (Wildman–Crippen MR) is 175 cm³/mol. The summed E-state index contributed by atoms with van der Waals surface area (Å²) in [6, 6.07) is 8.15. The smallest absolute Gasteiger partial charge is 0.393 e. The maximum absolute atomic E-state index is 14.5. The average Bonchev–Trinajstić information content (AvgIpc) is 3.50. The number of nitrogens with zero attached hydrogens (tertiary/aromatic N) is 4. The summed E-state index contributed by atoms with van der Waals surface area (Å²) in [5.74, 6) is -3.72. The zero-order chi connectivity index (χ0) is 36.2. The predicted octanol–water partition coefficient (Wildman–Crippen LogP) is 4.10. The van der Waals surface area contributed by atoms with Gasteiger partial charge in [-0.3, -0.25) is 14.6 Å². The Labute approximate surface area is 280 Å². The van der Waals surface area contributed by atoms with Gasteiger partial charge in [0, 0.05) is 18.7 Å². The lowest BCUT2D eigenvalue weighted by Gasteiger charge is -2.16. The summed E-state index contributed by atoms with van der Waals surface area (Å²) in [6.45, 7) is 1.28. The van der Waals surface area contributed by atoms with Crippen molar-refractivity contribution in [3.63, 3.8) is 0 Å². The number of H-pyrrole nitrogens is 1. The zero-order valence-electron chi connectivity index (χ0n) is 25.9. The maximum Gasteiger partial charge on any atom is 0.393 e. The van der Waals surface area contributed by atoms with Gasteiger partial charge in [-0.15, -0.1) is 0 Å². The number of halogens is 4. The first-order chi connectivity index (χ1) is 23.7. The fourth-order valence-corrected chi connectivity index (χ4v) is 5.39. The van der Waals surface area contributed by atoms with Crippen LogP contribution >= 0.6 is 0 Å². The SMILES string of the molecule is CCS(=O)(=O)Nc1ccc(O)cc1CNc1nc(-c2cc(F)c(O)cc2CC(F)(F)F)nc2n[nH]c(C(=O)Nc3ccc(NCCO)nc3)c12. The number of aromatic amines is 1. The molecule has 0 aliphatic rings. The molecule has 0 radical (unpaired) electrons. The highest BCUT2D eigenvalue weighted by Gasteiger charge is 2.31. The van der Waals surface area contributed by atoms with Crippen LogP contribution in [0.1, 0.15) is 28.5 Å². The number of aliphatic hydroxyl groups excluding tert-OH is 1. The van der Waals surface area contributed by atoms with Crippen LogP contribution in [0.25, 0.3) is 22.4 Å². The third-order valence-electron chi connectivity index (χ3n) is 7.06. The van der Waals surface area contributed by atoms with Crippen molar-refractivity contribution in [3.8, 4) is 22.9 Å². The number of carbonyl (C=O) groups excluding carboxylic acids is 1. The highest BCUT2D eigenvalue weighted by atomic mass is 32.2. The van der Waals surface area contributed by atoms with Gasteiger partial charge in [-0.25, -0.2) is 27.8 Å². The summed E-state index contributed by atoms with van der Waals surface area (Å²) in [5, 5.41) is 43.9. The molecule has 2 aromatic carbocycles. The number of anilines is 4. The molecule has 0 bridgehead atoms. The van der Waals surface area contributed by atoms with Gasteiger partial charge in [-0.2, -0.15) is 18.3 Å². The number of carbonyl (C=O) groups is 1. The van der Waals surface area contributed by atoms with E-state index in [2.05, 4.69) is 45.8 Å². The van der Waals surface area contributed by atoms with Gasteiger partial charge in [-0.05, 0) is 60.5 Å². The number of benzene rings is 2. The summed E-state index contributed by atoms with van der Waals surface area (Å²) in [5.41, 5.74) is -0.853. The Bertz CT molecular complexity index is 2150. The average molecular weight is 720 g/mol. The number of aromatic hydroxyl groups is 2. The number of aliphatic hydroxyl groups is 1. The summed E-state index contributed by atoms with van der Waals surface area (Å²) in [4.78, 5) is 26.1. The van der Waals surface area contributed by atoms with E-state index >= 15 is 0 Å². The third-order valence-corrected chi connectivity index (χ3v) is 8.36. The van der Waals surface area contributed by atoms with Crippen molar-refractivity contribution < 1.29 is 46.1 Å². The van der Waals surface area contributed by atoms with Crippen molar-refractivity contribution in [3.05, 3.63) is 71.3 Å². The normalized spacial score (nSPS) is 11.8. The molecule has 0 unspecified atom stereocenters. The number of hydrogen-bond acceptors (Lipinski definition) is 12. The Kier molecular flexibility index (Phi) is 10.2. The largest absolute Gasteiger partial charge is 0.508 e. The Morgan fingerprint density at radius 3 is 2.48 bits per heavy atom. The van der Waals surface area contributed by atoms with Crippen LogP contribution in [0.5, 0.6) is 11.5 Å². The molecule has 20 heteroatoms. The van der Waals surface area contributed by atoms with E-state index in [0.29, 0.717) is 18.0 Å². The number of aromatic nitrogens is 5. The molecule has 0 aliphatic carbocycles. The van der Waals surface area contributed by atoms with Crippen molar-refractivity contribution >= 4 is 50.0 Å². The number of pyridine rings is 1. The minimum Gasteiger partial charge on any atom is -0.508 e. The zero-order valence-corrected chi connectivity index (χ0v) is 26.7. The topological polar surface area (TPSA) is 227 Å². The van der Waals surface area contributed by atoms with Crippen LogP contribution in [-0.2, 0) is 23.0 Å². The van der Waals surface area contributed by atoms with Crippen molar-refractivity contribution in [1.82, 2.24) is 25.1 Å². The molecule has 15 nitrogen and oxygen atoms in total. The molecule has 3 aromatic heterocycles. The first kappa shape index (κ1) is 35.5. The Morgan fingerprint density at radius 1 is 1.02 bits per heavy atom. The van der Waals surface area contributed by atoms with Crippen LogP contribution in [-0.4, -0.2) is 79.9 Å². The van der Waals surface area contributed by atoms with E-state index in [9.17, 15) is 41.0 Å². The number of hydrogen-bond donors (Lipinski definition) is 8. The fourth-order valence-electron chi connectivity index (χ4n) is 4.71. The lowest BCUT2D eigenvalue weighted by Crippen LogP contribution is -2.17. The second-order valence-electron chi connectivity index (χ2n) is 10.7. The minimum absolute atomic E-state index is 0.0482. The number of fused-ring (bicyclic) bond motifs is 1. The Balaban J connectivity index is 1.60.